The van der Waals surface area contributed by atoms with Crippen molar-refractivity contribution in [3.8, 4) is 11.5 Å². The number of piperazine rings is 1. The fourth-order valence-corrected chi connectivity index (χ4v) is 3.32. The molecule has 1 aromatic carbocycles. The average molecular weight is 367 g/mol. The van der Waals surface area contributed by atoms with Crippen molar-refractivity contribution in [2.45, 2.75) is 13.5 Å². The molecule has 2 aliphatic rings. The Balaban J connectivity index is 1.40. The Labute approximate surface area is 159 Å². The quantitative estimate of drug-likeness (QED) is 0.660. The molecule has 4 rings (SSSR count). The van der Waals surface area contributed by atoms with E-state index in [2.05, 4.69) is 33.1 Å². The monoisotopic (exact) mass is 367 g/mol. The molecule has 2 aromatic rings. The third-order valence-electron chi connectivity index (χ3n) is 4.74. The van der Waals surface area contributed by atoms with Crippen molar-refractivity contribution >= 4 is 11.8 Å². The molecule has 142 valence electrons. The average Bonchev–Trinajstić information content (AvgIpc) is 3.20. The number of pyridine rings is 1. The molecule has 0 amide bonds. The highest BCUT2D eigenvalue weighted by molar-refractivity contribution is 5.80. The van der Waals surface area contributed by atoms with Gasteiger partial charge >= 0.3 is 0 Å². The summed E-state index contributed by atoms with van der Waals surface area (Å²) in [6, 6.07) is 12.0. The molecule has 7 nitrogen and oxygen atoms in total. The Morgan fingerprint density at radius 3 is 2.74 bits per heavy atom. The lowest BCUT2D eigenvalue weighted by Gasteiger charge is -2.37. The van der Waals surface area contributed by atoms with Gasteiger partial charge in [-0.05, 0) is 36.8 Å². The molecule has 0 radical (unpaired) electrons. The van der Waals surface area contributed by atoms with Gasteiger partial charge in [0, 0.05) is 38.9 Å². The summed E-state index contributed by atoms with van der Waals surface area (Å²) < 4.78 is 10.8. The van der Waals surface area contributed by atoms with Gasteiger partial charge in [0.2, 0.25) is 6.79 Å². The standard InChI is InChI=1S/C20H25N5O2/c1-2-21-20(23-14-16-6-7-17-18(13-16)27-15-26-17)25-11-9-24(10-12-25)19-5-3-4-8-22-19/h3-8,13H,2,9-12,14-15H2,1H3,(H,21,23). The highest BCUT2D eigenvalue weighted by atomic mass is 16.7. The maximum Gasteiger partial charge on any atom is 0.231 e. The third-order valence-corrected chi connectivity index (χ3v) is 4.74. The number of aromatic nitrogens is 1. The minimum atomic E-state index is 0.297. The first-order chi connectivity index (χ1) is 13.3. The maximum atomic E-state index is 5.46. The van der Waals surface area contributed by atoms with Crippen LogP contribution in [-0.4, -0.2) is 55.4 Å². The number of benzene rings is 1. The zero-order valence-corrected chi connectivity index (χ0v) is 15.6. The first-order valence-electron chi connectivity index (χ1n) is 9.41. The van der Waals surface area contributed by atoms with Crippen molar-refractivity contribution in [3.05, 3.63) is 48.2 Å². The Hall–Kier alpha value is -2.96. The van der Waals surface area contributed by atoms with Crippen molar-refractivity contribution in [2.24, 2.45) is 4.99 Å². The van der Waals surface area contributed by atoms with Gasteiger partial charge in [0.05, 0.1) is 6.54 Å². The second kappa shape index (κ2) is 8.16. The van der Waals surface area contributed by atoms with Crippen LogP contribution in [0.3, 0.4) is 0 Å². The van der Waals surface area contributed by atoms with Gasteiger partial charge in [0.1, 0.15) is 5.82 Å². The highest BCUT2D eigenvalue weighted by Crippen LogP contribution is 2.32. The number of nitrogens with one attached hydrogen (secondary N) is 1. The van der Waals surface area contributed by atoms with E-state index in [-0.39, 0.29) is 0 Å². The van der Waals surface area contributed by atoms with Crippen LogP contribution in [-0.2, 0) is 6.54 Å². The van der Waals surface area contributed by atoms with Gasteiger partial charge in [0.25, 0.3) is 0 Å². The Morgan fingerprint density at radius 2 is 1.96 bits per heavy atom. The number of hydrogen-bond donors (Lipinski definition) is 1. The minimum Gasteiger partial charge on any atom is -0.454 e. The molecular weight excluding hydrogens is 342 g/mol. The van der Waals surface area contributed by atoms with Crippen LogP contribution in [0.15, 0.2) is 47.6 Å². The molecule has 1 fully saturated rings. The van der Waals surface area contributed by atoms with Crippen molar-refractivity contribution < 1.29 is 9.47 Å². The minimum absolute atomic E-state index is 0.297. The lowest BCUT2D eigenvalue weighted by atomic mass is 10.2. The van der Waals surface area contributed by atoms with Crippen LogP contribution < -0.4 is 19.7 Å². The van der Waals surface area contributed by atoms with Crippen LogP contribution >= 0.6 is 0 Å². The van der Waals surface area contributed by atoms with Crippen LogP contribution in [0.4, 0.5) is 5.82 Å². The topological polar surface area (TPSA) is 62.2 Å². The summed E-state index contributed by atoms with van der Waals surface area (Å²) in [5.41, 5.74) is 1.11. The molecule has 0 aliphatic carbocycles. The molecule has 0 atom stereocenters. The molecule has 1 N–H and O–H groups in total. The molecule has 2 aliphatic heterocycles. The summed E-state index contributed by atoms with van der Waals surface area (Å²) in [4.78, 5) is 13.9. The summed E-state index contributed by atoms with van der Waals surface area (Å²) in [5.74, 6) is 3.60. The molecule has 0 spiro atoms. The molecule has 1 saturated heterocycles. The fourth-order valence-electron chi connectivity index (χ4n) is 3.32. The number of rotatable bonds is 4. The zero-order chi connectivity index (χ0) is 18.5. The van der Waals surface area contributed by atoms with E-state index in [4.69, 9.17) is 14.5 Å². The fraction of sp³-hybridized carbons (Fsp3) is 0.400. The number of hydrogen-bond acceptors (Lipinski definition) is 5. The number of aliphatic imine (C=N–C) groups is 1. The van der Waals surface area contributed by atoms with E-state index in [1.807, 2.05) is 36.5 Å². The van der Waals surface area contributed by atoms with E-state index < -0.39 is 0 Å². The predicted octanol–water partition coefficient (Wildman–Crippen LogP) is 2.10. The van der Waals surface area contributed by atoms with E-state index >= 15 is 0 Å². The first kappa shape index (κ1) is 17.5. The van der Waals surface area contributed by atoms with Crippen molar-refractivity contribution in [2.75, 3.05) is 44.4 Å². The summed E-state index contributed by atoms with van der Waals surface area (Å²) >= 11 is 0. The van der Waals surface area contributed by atoms with Gasteiger partial charge in [-0.3, -0.25) is 0 Å². The van der Waals surface area contributed by atoms with Crippen molar-refractivity contribution in [1.29, 1.82) is 0 Å². The number of nitrogens with zero attached hydrogens (tertiary/aromatic N) is 4. The van der Waals surface area contributed by atoms with Gasteiger partial charge in [-0.25, -0.2) is 9.98 Å². The van der Waals surface area contributed by atoms with E-state index in [0.29, 0.717) is 13.3 Å². The number of fused-ring (bicyclic) bond motifs is 1. The van der Waals surface area contributed by atoms with Crippen LogP contribution in [0.1, 0.15) is 12.5 Å². The summed E-state index contributed by atoms with van der Waals surface area (Å²) in [6.07, 6.45) is 1.85. The van der Waals surface area contributed by atoms with Gasteiger partial charge in [-0.15, -0.1) is 0 Å². The third kappa shape index (κ3) is 4.07. The van der Waals surface area contributed by atoms with E-state index in [9.17, 15) is 0 Å². The number of ether oxygens (including phenoxy) is 2. The lowest BCUT2D eigenvalue weighted by molar-refractivity contribution is 0.174. The smallest absolute Gasteiger partial charge is 0.231 e. The summed E-state index contributed by atoms with van der Waals surface area (Å²) in [7, 11) is 0. The van der Waals surface area contributed by atoms with E-state index in [0.717, 1.165) is 61.6 Å². The lowest BCUT2D eigenvalue weighted by Crippen LogP contribution is -2.52. The Kier molecular flexibility index (Phi) is 5.27. The molecule has 0 unspecified atom stereocenters. The molecule has 27 heavy (non-hydrogen) atoms. The highest BCUT2D eigenvalue weighted by Gasteiger charge is 2.20. The molecule has 3 heterocycles. The normalized spacial score (nSPS) is 16.6. The SMILES string of the molecule is CCNC(=NCc1ccc2c(c1)OCO2)N1CCN(c2ccccn2)CC1. The first-order valence-corrected chi connectivity index (χ1v) is 9.41. The Bertz CT molecular complexity index is 788. The predicted molar refractivity (Wildman–Crippen MR) is 105 cm³/mol. The van der Waals surface area contributed by atoms with Crippen molar-refractivity contribution in [1.82, 2.24) is 15.2 Å². The summed E-state index contributed by atoms with van der Waals surface area (Å²) in [5, 5.41) is 3.42. The van der Waals surface area contributed by atoms with Crippen LogP contribution in [0, 0.1) is 0 Å². The van der Waals surface area contributed by atoms with Crippen LogP contribution in [0.5, 0.6) is 11.5 Å². The molecule has 0 bridgehead atoms. The summed E-state index contributed by atoms with van der Waals surface area (Å²) in [6.45, 7) is 7.56. The van der Waals surface area contributed by atoms with Crippen LogP contribution in [0.25, 0.3) is 0 Å². The molecular formula is C20H25N5O2. The number of anilines is 1. The molecule has 1 aromatic heterocycles. The molecule has 0 saturated carbocycles. The second-order valence-electron chi connectivity index (χ2n) is 6.52. The van der Waals surface area contributed by atoms with Gasteiger partial charge in [0.15, 0.2) is 17.5 Å². The van der Waals surface area contributed by atoms with Gasteiger partial charge in [-0.2, -0.15) is 0 Å². The maximum absolute atomic E-state index is 5.46. The van der Waals surface area contributed by atoms with E-state index in [1.54, 1.807) is 0 Å². The number of guanidine groups is 1. The van der Waals surface area contributed by atoms with Crippen LogP contribution in [0.2, 0.25) is 0 Å². The van der Waals surface area contributed by atoms with Gasteiger partial charge < -0.3 is 24.6 Å². The zero-order valence-electron chi connectivity index (χ0n) is 15.6. The largest absolute Gasteiger partial charge is 0.454 e. The Morgan fingerprint density at radius 1 is 1.11 bits per heavy atom. The molecule has 7 heteroatoms. The van der Waals surface area contributed by atoms with Gasteiger partial charge in [-0.1, -0.05) is 12.1 Å². The van der Waals surface area contributed by atoms with E-state index in [1.165, 1.54) is 0 Å². The second-order valence-corrected chi connectivity index (χ2v) is 6.52. The van der Waals surface area contributed by atoms with Crippen molar-refractivity contribution in [3.63, 3.8) is 0 Å².